The van der Waals surface area contributed by atoms with Crippen molar-refractivity contribution in [2.24, 2.45) is 5.92 Å². The van der Waals surface area contributed by atoms with Gasteiger partial charge in [-0.1, -0.05) is 0 Å². The number of carbonyl (C=O) groups excluding carboxylic acids is 1. The van der Waals surface area contributed by atoms with Crippen molar-refractivity contribution in [1.82, 2.24) is 14.1 Å². The number of piperazine rings is 1. The van der Waals surface area contributed by atoms with Crippen LogP contribution in [0.1, 0.15) is 12.8 Å². The molecule has 0 aromatic heterocycles. The van der Waals surface area contributed by atoms with Gasteiger partial charge < -0.3 is 4.90 Å². The van der Waals surface area contributed by atoms with Crippen LogP contribution < -0.4 is 0 Å². The molecule has 0 aromatic rings. The Morgan fingerprint density at radius 1 is 1.04 bits per heavy atom. The number of hydrogen-bond donors (Lipinski definition) is 0. The fourth-order valence-electron chi connectivity index (χ4n) is 3.07. The van der Waals surface area contributed by atoms with E-state index in [9.17, 15) is 26.4 Å². The maximum Gasteiger partial charge on any atom is 0.401 e. The van der Waals surface area contributed by atoms with Gasteiger partial charge in [-0.3, -0.25) is 9.69 Å². The second-order valence-electron chi connectivity index (χ2n) is 6.15. The zero-order chi connectivity index (χ0) is 17.3. The van der Waals surface area contributed by atoms with E-state index >= 15 is 0 Å². The second kappa shape index (κ2) is 8.20. The first-order valence-corrected chi connectivity index (χ1v) is 9.44. The van der Waals surface area contributed by atoms with Crippen molar-refractivity contribution in [2.75, 3.05) is 52.1 Å². The van der Waals surface area contributed by atoms with Crippen LogP contribution in [-0.4, -0.2) is 86.7 Å². The largest absolute Gasteiger partial charge is 0.401 e. The van der Waals surface area contributed by atoms with Crippen LogP contribution in [0.4, 0.5) is 13.2 Å². The van der Waals surface area contributed by atoms with Crippen molar-refractivity contribution < 1.29 is 26.4 Å². The highest BCUT2D eigenvalue weighted by Crippen LogP contribution is 2.23. The summed E-state index contributed by atoms with van der Waals surface area (Å²) in [6.07, 6.45) is -2.14. The predicted molar refractivity (Wildman–Crippen MR) is 85.5 cm³/mol. The van der Waals surface area contributed by atoms with Gasteiger partial charge in [-0.15, -0.1) is 12.4 Å². The van der Waals surface area contributed by atoms with E-state index in [1.165, 1.54) is 9.21 Å². The molecule has 0 saturated carbocycles. The molecule has 2 heterocycles. The molecule has 0 aromatic carbocycles. The van der Waals surface area contributed by atoms with Crippen molar-refractivity contribution >= 4 is 28.3 Å². The number of carbonyl (C=O) groups is 1. The van der Waals surface area contributed by atoms with E-state index in [2.05, 4.69) is 0 Å². The Kier molecular flexibility index (Phi) is 7.33. The van der Waals surface area contributed by atoms with Crippen LogP contribution in [-0.2, 0) is 14.8 Å². The van der Waals surface area contributed by atoms with Gasteiger partial charge in [0.05, 0.1) is 12.8 Å². The summed E-state index contributed by atoms with van der Waals surface area (Å²) in [5.74, 6) is -0.299. The Hall–Kier alpha value is -0.580. The molecule has 1 amide bonds. The summed E-state index contributed by atoms with van der Waals surface area (Å²) in [7, 11) is -3.23. The van der Waals surface area contributed by atoms with E-state index in [1.807, 2.05) is 0 Å². The molecule has 0 radical (unpaired) electrons. The van der Waals surface area contributed by atoms with Crippen LogP contribution in [0.25, 0.3) is 0 Å². The van der Waals surface area contributed by atoms with E-state index in [1.54, 1.807) is 4.90 Å². The normalized spacial score (nSPS) is 22.2. The number of halogens is 4. The number of nitrogens with zero attached hydrogens (tertiary/aromatic N) is 3. The molecular weight excluding hydrogens is 371 g/mol. The summed E-state index contributed by atoms with van der Waals surface area (Å²) in [5.41, 5.74) is 0. The van der Waals surface area contributed by atoms with Crippen LogP contribution >= 0.6 is 12.4 Å². The van der Waals surface area contributed by atoms with Gasteiger partial charge in [0, 0.05) is 45.2 Å². The minimum absolute atomic E-state index is 0. The van der Waals surface area contributed by atoms with Gasteiger partial charge in [0.25, 0.3) is 0 Å². The van der Waals surface area contributed by atoms with E-state index < -0.39 is 22.7 Å². The van der Waals surface area contributed by atoms with Crippen molar-refractivity contribution in [1.29, 1.82) is 0 Å². The highest BCUT2D eigenvalue weighted by Gasteiger charge is 2.35. The highest BCUT2D eigenvalue weighted by atomic mass is 35.5. The lowest BCUT2D eigenvalue weighted by molar-refractivity contribution is -0.153. The second-order valence-corrected chi connectivity index (χ2v) is 8.14. The van der Waals surface area contributed by atoms with Crippen LogP contribution in [0.5, 0.6) is 0 Å². The standard InChI is InChI=1S/C13H22F3N3O3S.ClH/c1-23(21,22)19-4-2-11(3-5-19)12(20)18-8-6-17(7-9-18)10-13(14,15)16;/h11H,2-10H2,1H3;1H. The molecule has 0 atom stereocenters. The van der Waals surface area contributed by atoms with Gasteiger partial charge in [0.1, 0.15) is 0 Å². The van der Waals surface area contributed by atoms with E-state index in [0.29, 0.717) is 39.0 Å². The molecule has 11 heteroatoms. The van der Waals surface area contributed by atoms with Crippen LogP contribution in [0.15, 0.2) is 0 Å². The highest BCUT2D eigenvalue weighted by molar-refractivity contribution is 7.88. The molecule has 0 bridgehead atoms. The maximum atomic E-state index is 12.4. The molecule has 2 rings (SSSR count). The lowest BCUT2D eigenvalue weighted by Crippen LogP contribution is -2.53. The van der Waals surface area contributed by atoms with Crippen molar-refractivity contribution in [3.05, 3.63) is 0 Å². The zero-order valence-corrected chi connectivity index (χ0v) is 15.1. The van der Waals surface area contributed by atoms with Gasteiger partial charge in [-0.25, -0.2) is 12.7 Å². The summed E-state index contributed by atoms with van der Waals surface area (Å²) < 4.78 is 61.3. The number of piperidine rings is 1. The molecule has 24 heavy (non-hydrogen) atoms. The molecule has 6 nitrogen and oxygen atoms in total. The van der Waals surface area contributed by atoms with Crippen molar-refractivity contribution in [2.45, 2.75) is 19.0 Å². The van der Waals surface area contributed by atoms with Gasteiger partial charge >= 0.3 is 6.18 Å². The van der Waals surface area contributed by atoms with Gasteiger partial charge in [-0.2, -0.15) is 13.2 Å². The van der Waals surface area contributed by atoms with Crippen LogP contribution in [0, 0.1) is 5.92 Å². The number of rotatable bonds is 3. The van der Waals surface area contributed by atoms with Crippen molar-refractivity contribution in [3.8, 4) is 0 Å². The molecule has 2 fully saturated rings. The first-order valence-electron chi connectivity index (χ1n) is 7.59. The number of hydrogen-bond acceptors (Lipinski definition) is 4. The number of sulfonamides is 1. The summed E-state index contributed by atoms with van der Waals surface area (Å²) >= 11 is 0. The summed E-state index contributed by atoms with van der Waals surface area (Å²) in [5, 5.41) is 0. The topological polar surface area (TPSA) is 60.9 Å². The SMILES string of the molecule is CS(=O)(=O)N1CCC(C(=O)N2CCN(CC(F)(F)F)CC2)CC1.Cl. The number of alkyl halides is 3. The lowest BCUT2D eigenvalue weighted by Gasteiger charge is -2.38. The molecular formula is C13H23ClF3N3O3S. The number of amides is 1. The lowest BCUT2D eigenvalue weighted by atomic mass is 9.96. The Bertz CT molecular complexity index is 528. The minimum Gasteiger partial charge on any atom is -0.340 e. The Balaban J connectivity index is 0.00000288. The zero-order valence-electron chi connectivity index (χ0n) is 13.5. The van der Waals surface area contributed by atoms with Crippen LogP contribution in [0.3, 0.4) is 0 Å². The quantitative estimate of drug-likeness (QED) is 0.711. The molecule has 142 valence electrons. The Labute approximate surface area is 146 Å². The minimum atomic E-state index is -4.22. The summed E-state index contributed by atoms with van der Waals surface area (Å²) in [6.45, 7) is 0.720. The molecule has 0 unspecified atom stereocenters. The molecule has 0 spiro atoms. The Morgan fingerprint density at radius 2 is 1.54 bits per heavy atom. The molecule has 2 aliphatic rings. The van der Waals surface area contributed by atoms with E-state index in [-0.39, 0.29) is 37.3 Å². The monoisotopic (exact) mass is 393 g/mol. The molecule has 2 aliphatic heterocycles. The Morgan fingerprint density at radius 3 is 1.96 bits per heavy atom. The van der Waals surface area contributed by atoms with Gasteiger partial charge in [0.15, 0.2) is 0 Å². The maximum absolute atomic E-state index is 12.4. The fourth-order valence-corrected chi connectivity index (χ4v) is 3.95. The molecule has 2 saturated heterocycles. The smallest absolute Gasteiger partial charge is 0.340 e. The molecule has 0 aliphatic carbocycles. The van der Waals surface area contributed by atoms with Gasteiger partial charge in [0.2, 0.25) is 15.9 Å². The first-order chi connectivity index (χ1) is 10.6. The first kappa shape index (κ1) is 21.5. The fraction of sp³-hybridized carbons (Fsp3) is 0.923. The average Bonchev–Trinajstić information content (AvgIpc) is 2.45. The van der Waals surface area contributed by atoms with Gasteiger partial charge in [-0.05, 0) is 12.8 Å². The third kappa shape index (κ3) is 6.05. The summed E-state index contributed by atoms with van der Waals surface area (Å²) in [6, 6.07) is 0. The van der Waals surface area contributed by atoms with E-state index in [4.69, 9.17) is 0 Å². The average molecular weight is 394 g/mol. The summed E-state index contributed by atoms with van der Waals surface area (Å²) in [4.78, 5) is 15.3. The molecule has 0 N–H and O–H groups in total. The van der Waals surface area contributed by atoms with Crippen LogP contribution in [0.2, 0.25) is 0 Å². The predicted octanol–water partition coefficient (Wildman–Crippen LogP) is 0.786. The third-order valence-electron chi connectivity index (χ3n) is 4.36. The van der Waals surface area contributed by atoms with Crippen molar-refractivity contribution in [3.63, 3.8) is 0 Å². The third-order valence-corrected chi connectivity index (χ3v) is 5.66. The van der Waals surface area contributed by atoms with E-state index in [0.717, 1.165) is 6.26 Å².